The number of hydrogen-bond acceptors (Lipinski definition) is 8. The van der Waals surface area contributed by atoms with E-state index in [1.807, 2.05) is 104 Å². The van der Waals surface area contributed by atoms with Crippen molar-refractivity contribution in [2.75, 3.05) is 0 Å². The first-order valence-corrected chi connectivity index (χ1v) is 37.1. The summed E-state index contributed by atoms with van der Waals surface area (Å²) in [5.74, 6) is -0.459. The van der Waals surface area contributed by atoms with Gasteiger partial charge in [-0.3, -0.25) is 19.2 Å². The number of benzene rings is 8. The standard InChI is InChI=1S/C24H28O2.2C23H28O2.C22H26O2/c1-4-23(2,3)22(25)26-24(13-7-8-14-24)19-12-11-18-15-17-9-5-6-10-20(17)21(18)16-19;2*1-6-22(3,4)21(24)25-23(5,7-2)18-13-12-17-14-16-10-8-9-11-19(16)20(17)15-18;1-6-21(2,3)20(23)24-22(4,5)17-12-11-16-13-15-9-7-8-10-18(15)19(16)14-17/h5-6,9-12,16H,4,7-8,13-15H2,1-3H3;2*8-13,15H,6-7,14H2,1-5H3;7-12,14H,6,13H2,1-5H3. The Morgan fingerprint density at radius 2 is 0.590 bits per heavy atom. The summed E-state index contributed by atoms with van der Waals surface area (Å²) in [6, 6.07) is 60.5. The van der Waals surface area contributed by atoms with Gasteiger partial charge in [-0.05, 0) is 309 Å². The molecule has 8 aromatic rings. The van der Waals surface area contributed by atoms with Crippen LogP contribution in [0.25, 0.3) is 44.5 Å². The quantitative estimate of drug-likeness (QED) is 0.0618. The molecule has 2 atom stereocenters. The summed E-state index contributed by atoms with van der Waals surface area (Å²) in [4.78, 5) is 50.6. The topological polar surface area (TPSA) is 105 Å². The lowest BCUT2D eigenvalue weighted by Crippen LogP contribution is -2.36. The zero-order valence-corrected chi connectivity index (χ0v) is 63.3. The molecule has 526 valence electrons. The average Bonchev–Trinajstić information content (AvgIpc) is 1.61. The lowest BCUT2D eigenvalue weighted by atomic mass is 9.87. The normalized spacial score (nSPS) is 15.4. The molecule has 0 aliphatic heterocycles. The maximum Gasteiger partial charge on any atom is 0.312 e. The second-order valence-electron chi connectivity index (χ2n) is 32.2. The highest BCUT2D eigenvalue weighted by atomic mass is 16.6. The highest BCUT2D eigenvalue weighted by molar-refractivity contribution is 5.83. The van der Waals surface area contributed by atoms with Crippen molar-refractivity contribution in [3.63, 3.8) is 0 Å². The van der Waals surface area contributed by atoms with Crippen LogP contribution in [0.1, 0.15) is 256 Å². The lowest BCUT2D eigenvalue weighted by molar-refractivity contribution is -0.172. The molecule has 8 nitrogen and oxygen atoms in total. The van der Waals surface area contributed by atoms with Gasteiger partial charge < -0.3 is 18.9 Å². The molecule has 100 heavy (non-hydrogen) atoms. The first-order chi connectivity index (χ1) is 47.3. The van der Waals surface area contributed by atoms with Crippen LogP contribution < -0.4 is 0 Å². The van der Waals surface area contributed by atoms with E-state index in [1.54, 1.807) is 0 Å². The molecule has 2 unspecified atom stereocenters. The molecule has 0 bridgehead atoms. The van der Waals surface area contributed by atoms with Gasteiger partial charge in [-0.1, -0.05) is 187 Å². The molecule has 1 saturated carbocycles. The molecule has 0 heterocycles. The number of rotatable bonds is 18. The molecule has 8 heteroatoms. The molecular weight excluding hydrogens is 1230 g/mol. The van der Waals surface area contributed by atoms with Crippen LogP contribution >= 0.6 is 0 Å². The molecule has 0 radical (unpaired) electrons. The van der Waals surface area contributed by atoms with Gasteiger partial charge in [-0.2, -0.15) is 0 Å². The van der Waals surface area contributed by atoms with E-state index in [2.05, 4.69) is 191 Å². The Balaban J connectivity index is 0.000000144. The van der Waals surface area contributed by atoms with Gasteiger partial charge in [0.1, 0.15) is 22.4 Å². The molecule has 5 aliphatic carbocycles. The van der Waals surface area contributed by atoms with Crippen molar-refractivity contribution in [1.29, 1.82) is 0 Å². The summed E-state index contributed by atoms with van der Waals surface area (Å²) in [6.07, 6.45) is 12.6. The summed E-state index contributed by atoms with van der Waals surface area (Å²) in [6.45, 7) is 35.9. The van der Waals surface area contributed by atoms with Crippen molar-refractivity contribution >= 4 is 23.9 Å². The lowest BCUT2D eigenvalue weighted by Gasteiger charge is -2.34. The zero-order valence-electron chi connectivity index (χ0n) is 63.3. The third-order valence-corrected chi connectivity index (χ3v) is 23.4. The highest BCUT2D eigenvalue weighted by Gasteiger charge is 2.44. The Morgan fingerprint density at radius 1 is 0.310 bits per heavy atom. The molecule has 0 N–H and O–H groups in total. The van der Waals surface area contributed by atoms with Crippen LogP contribution in [0.15, 0.2) is 170 Å². The average molecular weight is 1340 g/mol. The minimum absolute atomic E-state index is 0.0669. The SMILES string of the molecule is CCC(C)(C)C(=O)OC(C)(C)c1ccc2c(c1)-c1ccccc1C2.CCC(C)(C)C(=O)OC(C)(CC)c1ccc2c(c1)-c1ccccc1C2.CCC(C)(C)C(=O)OC(C)(CC)c1ccc2c(c1)-c1ccccc1C2.CCC(C)(C)C(=O)OC1(c2ccc3c(c2)-c2ccccc2C3)CCCC1. The monoisotopic (exact) mass is 1340 g/mol. The van der Waals surface area contributed by atoms with E-state index in [9.17, 15) is 19.2 Å². The van der Waals surface area contributed by atoms with Crippen molar-refractivity contribution in [2.24, 2.45) is 21.7 Å². The Labute approximate surface area is 598 Å². The predicted molar refractivity (Wildman–Crippen MR) is 408 cm³/mol. The van der Waals surface area contributed by atoms with Crippen molar-refractivity contribution in [3.05, 3.63) is 237 Å². The largest absolute Gasteiger partial charge is 0.454 e. The van der Waals surface area contributed by atoms with E-state index in [4.69, 9.17) is 18.9 Å². The molecule has 0 amide bonds. The fraction of sp³-hybridized carbons (Fsp3) is 0.435. The summed E-state index contributed by atoms with van der Waals surface area (Å²) in [5.41, 5.74) is 21.6. The van der Waals surface area contributed by atoms with E-state index in [0.29, 0.717) is 0 Å². The molecule has 1 fully saturated rings. The third-order valence-electron chi connectivity index (χ3n) is 23.4. The summed E-state index contributed by atoms with van der Waals surface area (Å²) in [7, 11) is 0. The van der Waals surface area contributed by atoms with E-state index in [0.717, 1.165) is 107 Å². The van der Waals surface area contributed by atoms with Crippen molar-refractivity contribution < 1.29 is 38.1 Å². The fourth-order valence-corrected chi connectivity index (χ4v) is 13.9. The van der Waals surface area contributed by atoms with E-state index < -0.39 is 44.1 Å². The number of esters is 4. The number of carbonyl (C=O) groups excluding carboxylic acids is 4. The van der Waals surface area contributed by atoms with Crippen molar-refractivity contribution in [1.82, 2.24) is 0 Å². The Hall–Kier alpha value is -8.36. The van der Waals surface area contributed by atoms with Gasteiger partial charge in [0.15, 0.2) is 0 Å². The Morgan fingerprint density at radius 3 is 0.930 bits per heavy atom. The van der Waals surface area contributed by atoms with Crippen molar-refractivity contribution in [3.8, 4) is 44.5 Å². The summed E-state index contributed by atoms with van der Waals surface area (Å²) < 4.78 is 24.2. The second kappa shape index (κ2) is 29.3. The van der Waals surface area contributed by atoms with Gasteiger partial charge in [0.2, 0.25) is 0 Å². The highest BCUT2D eigenvalue weighted by Crippen LogP contribution is 2.49. The third kappa shape index (κ3) is 15.3. The molecule has 5 aliphatic rings. The van der Waals surface area contributed by atoms with Crippen LogP contribution in [0, 0.1) is 21.7 Å². The maximum atomic E-state index is 12.8. The number of fused-ring (bicyclic) bond motifs is 12. The first-order valence-electron chi connectivity index (χ1n) is 37.1. The van der Waals surface area contributed by atoms with Gasteiger partial charge in [-0.15, -0.1) is 0 Å². The molecule has 8 aromatic carbocycles. The van der Waals surface area contributed by atoms with Gasteiger partial charge in [0, 0.05) is 0 Å². The van der Waals surface area contributed by atoms with Crippen LogP contribution in [0.4, 0.5) is 0 Å². The minimum atomic E-state index is -0.643. The van der Waals surface area contributed by atoms with Gasteiger partial charge in [-0.25, -0.2) is 0 Å². The molecule has 13 rings (SSSR count). The maximum absolute atomic E-state index is 12.8. The predicted octanol–water partition coefficient (Wildman–Crippen LogP) is 23.2. The zero-order chi connectivity index (χ0) is 72.4. The Kier molecular flexibility index (Phi) is 21.8. The van der Waals surface area contributed by atoms with Crippen LogP contribution in [0.3, 0.4) is 0 Å². The van der Waals surface area contributed by atoms with E-state index in [-0.39, 0.29) is 23.9 Å². The van der Waals surface area contributed by atoms with E-state index in [1.165, 1.54) is 94.6 Å². The van der Waals surface area contributed by atoms with E-state index >= 15 is 0 Å². The van der Waals surface area contributed by atoms with Crippen LogP contribution in [0.2, 0.25) is 0 Å². The Bertz CT molecular complexity index is 4200. The van der Waals surface area contributed by atoms with Crippen LogP contribution in [-0.4, -0.2) is 23.9 Å². The number of carbonyl (C=O) groups is 4. The van der Waals surface area contributed by atoms with Gasteiger partial charge >= 0.3 is 23.9 Å². The number of hydrogen-bond donors (Lipinski definition) is 0. The molecular formula is C92H110O8. The smallest absolute Gasteiger partial charge is 0.312 e. The minimum Gasteiger partial charge on any atom is -0.454 e. The van der Waals surface area contributed by atoms with Crippen LogP contribution in [0.5, 0.6) is 0 Å². The van der Waals surface area contributed by atoms with Crippen LogP contribution in [-0.2, 0) is 86.2 Å². The second-order valence-corrected chi connectivity index (χ2v) is 32.2. The summed E-state index contributed by atoms with van der Waals surface area (Å²) in [5, 5.41) is 0. The van der Waals surface area contributed by atoms with Gasteiger partial charge in [0.25, 0.3) is 0 Å². The van der Waals surface area contributed by atoms with Crippen molar-refractivity contribution in [2.45, 2.75) is 237 Å². The fourth-order valence-electron chi connectivity index (χ4n) is 13.9. The summed E-state index contributed by atoms with van der Waals surface area (Å²) >= 11 is 0. The molecule has 0 saturated heterocycles. The first kappa shape index (κ1) is 74.3. The molecule has 0 aromatic heterocycles. The molecule has 0 spiro atoms. The van der Waals surface area contributed by atoms with Gasteiger partial charge in [0.05, 0.1) is 21.7 Å². The number of ether oxygens (including phenoxy) is 4.